The Morgan fingerprint density at radius 2 is 2.00 bits per heavy atom. The van der Waals surface area contributed by atoms with E-state index in [0.717, 1.165) is 5.69 Å². The van der Waals surface area contributed by atoms with E-state index in [9.17, 15) is 4.79 Å². The molecule has 3 aromatic rings. The fourth-order valence-corrected chi connectivity index (χ4v) is 2.13. The molecule has 24 heavy (non-hydrogen) atoms. The van der Waals surface area contributed by atoms with Gasteiger partial charge in [-0.05, 0) is 12.1 Å². The molecule has 8 heteroatoms. The number of aromatic nitrogens is 4. The number of fused-ring (bicyclic) bond motifs is 1. The van der Waals surface area contributed by atoms with Crippen LogP contribution in [0.5, 0.6) is 0 Å². The van der Waals surface area contributed by atoms with E-state index >= 15 is 0 Å². The zero-order chi connectivity index (χ0) is 16.8. The number of esters is 1. The highest BCUT2D eigenvalue weighted by molar-refractivity contribution is 5.84. The number of hydrogen-bond donors (Lipinski definition) is 1. The topological polar surface area (TPSA) is 91.2 Å². The molecule has 0 atom stereocenters. The van der Waals surface area contributed by atoms with Gasteiger partial charge in [0, 0.05) is 12.6 Å². The van der Waals surface area contributed by atoms with Crippen molar-refractivity contribution < 1.29 is 14.3 Å². The van der Waals surface area contributed by atoms with E-state index in [2.05, 4.69) is 20.3 Å². The lowest BCUT2D eigenvalue weighted by atomic mass is 10.3. The summed E-state index contributed by atoms with van der Waals surface area (Å²) in [5, 5.41) is 3.22. The molecule has 0 amide bonds. The summed E-state index contributed by atoms with van der Waals surface area (Å²) in [4.78, 5) is 23.5. The van der Waals surface area contributed by atoms with E-state index in [1.165, 1.54) is 13.3 Å². The Morgan fingerprint density at radius 1 is 1.17 bits per heavy atom. The summed E-state index contributed by atoms with van der Waals surface area (Å²) < 4.78 is 12.0. The SMILES string of the molecule is CC(=O)OCCOCn1cnc2c(Nc3ccccc3)ncnc21. The monoisotopic (exact) mass is 327 g/mol. The second-order valence-electron chi connectivity index (χ2n) is 4.98. The molecule has 2 heterocycles. The number of nitrogens with one attached hydrogen (secondary N) is 1. The molecule has 0 unspecified atom stereocenters. The van der Waals surface area contributed by atoms with E-state index < -0.39 is 0 Å². The molecular formula is C16H17N5O3. The van der Waals surface area contributed by atoms with E-state index in [-0.39, 0.29) is 19.3 Å². The lowest BCUT2D eigenvalue weighted by Gasteiger charge is -2.07. The smallest absolute Gasteiger partial charge is 0.302 e. The first-order valence-electron chi connectivity index (χ1n) is 7.43. The van der Waals surface area contributed by atoms with Crippen LogP contribution in [-0.2, 0) is 21.0 Å². The molecule has 3 rings (SSSR count). The van der Waals surface area contributed by atoms with Gasteiger partial charge in [0.2, 0.25) is 0 Å². The van der Waals surface area contributed by atoms with Crippen LogP contribution in [-0.4, -0.2) is 38.7 Å². The predicted octanol–water partition coefficient (Wildman–Crippen LogP) is 2.11. The van der Waals surface area contributed by atoms with Gasteiger partial charge in [-0.2, -0.15) is 0 Å². The highest BCUT2D eigenvalue weighted by Gasteiger charge is 2.10. The summed E-state index contributed by atoms with van der Waals surface area (Å²) in [5.74, 6) is 0.306. The molecule has 1 N–H and O–H groups in total. The fraction of sp³-hybridized carbons (Fsp3) is 0.250. The summed E-state index contributed by atoms with van der Waals surface area (Å²) in [6.45, 7) is 2.15. The zero-order valence-corrected chi connectivity index (χ0v) is 13.2. The minimum Gasteiger partial charge on any atom is -0.463 e. The van der Waals surface area contributed by atoms with Crippen LogP contribution in [0.2, 0.25) is 0 Å². The molecule has 0 saturated heterocycles. The molecule has 0 saturated carbocycles. The van der Waals surface area contributed by atoms with Crippen molar-refractivity contribution in [3.05, 3.63) is 43.0 Å². The fourth-order valence-electron chi connectivity index (χ4n) is 2.13. The van der Waals surface area contributed by atoms with Gasteiger partial charge in [0.25, 0.3) is 0 Å². The van der Waals surface area contributed by atoms with Crippen molar-refractivity contribution in [2.75, 3.05) is 18.5 Å². The number of para-hydroxylation sites is 1. The Balaban J connectivity index is 1.68. The number of rotatable bonds is 7. The van der Waals surface area contributed by atoms with Crippen molar-refractivity contribution in [2.24, 2.45) is 0 Å². The number of hydrogen-bond acceptors (Lipinski definition) is 7. The predicted molar refractivity (Wildman–Crippen MR) is 87.6 cm³/mol. The number of anilines is 2. The van der Waals surface area contributed by atoms with Gasteiger partial charge in [-0.3, -0.25) is 9.36 Å². The lowest BCUT2D eigenvalue weighted by molar-refractivity contribution is -0.142. The van der Waals surface area contributed by atoms with Gasteiger partial charge in [-0.15, -0.1) is 0 Å². The van der Waals surface area contributed by atoms with Crippen molar-refractivity contribution in [1.82, 2.24) is 19.5 Å². The number of carbonyl (C=O) groups is 1. The first kappa shape index (κ1) is 15.9. The first-order valence-corrected chi connectivity index (χ1v) is 7.43. The molecule has 0 fully saturated rings. The van der Waals surface area contributed by atoms with Crippen molar-refractivity contribution in [3.63, 3.8) is 0 Å². The number of nitrogens with zero attached hydrogens (tertiary/aromatic N) is 4. The maximum atomic E-state index is 10.7. The molecule has 2 aromatic heterocycles. The summed E-state index contributed by atoms with van der Waals surface area (Å²) in [6, 6.07) is 9.72. The number of ether oxygens (including phenoxy) is 2. The van der Waals surface area contributed by atoms with E-state index in [0.29, 0.717) is 23.6 Å². The second-order valence-corrected chi connectivity index (χ2v) is 4.98. The summed E-state index contributed by atoms with van der Waals surface area (Å²) in [7, 11) is 0. The third-order valence-electron chi connectivity index (χ3n) is 3.20. The van der Waals surface area contributed by atoms with Gasteiger partial charge >= 0.3 is 5.97 Å². The van der Waals surface area contributed by atoms with Gasteiger partial charge in [0.05, 0.1) is 12.9 Å². The number of carbonyl (C=O) groups excluding carboxylic acids is 1. The van der Waals surface area contributed by atoms with Gasteiger partial charge in [0.1, 0.15) is 19.7 Å². The minimum atomic E-state index is -0.323. The van der Waals surface area contributed by atoms with Crippen LogP contribution in [0.4, 0.5) is 11.5 Å². The quantitative estimate of drug-likeness (QED) is 0.525. The van der Waals surface area contributed by atoms with Crippen molar-refractivity contribution in [3.8, 4) is 0 Å². The third kappa shape index (κ3) is 3.85. The highest BCUT2D eigenvalue weighted by Crippen LogP contribution is 2.21. The van der Waals surface area contributed by atoms with Gasteiger partial charge in [-0.25, -0.2) is 15.0 Å². The third-order valence-corrected chi connectivity index (χ3v) is 3.20. The van der Waals surface area contributed by atoms with Crippen LogP contribution in [0.15, 0.2) is 43.0 Å². The Bertz CT molecular complexity index is 819. The normalized spacial score (nSPS) is 10.7. The molecule has 0 radical (unpaired) electrons. The van der Waals surface area contributed by atoms with Crippen LogP contribution < -0.4 is 5.32 Å². The number of imidazole rings is 1. The van der Waals surface area contributed by atoms with Crippen LogP contribution in [0.25, 0.3) is 11.2 Å². The molecule has 0 aliphatic rings. The molecule has 1 aromatic carbocycles. The van der Waals surface area contributed by atoms with E-state index in [4.69, 9.17) is 9.47 Å². The van der Waals surface area contributed by atoms with Crippen molar-refractivity contribution in [1.29, 1.82) is 0 Å². The van der Waals surface area contributed by atoms with Crippen LogP contribution in [0.3, 0.4) is 0 Å². The van der Waals surface area contributed by atoms with E-state index in [1.54, 1.807) is 10.9 Å². The van der Waals surface area contributed by atoms with Crippen molar-refractivity contribution in [2.45, 2.75) is 13.7 Å². The van der Waals surface area contributed by atoms with Crippen LogP contribution >= 0.6 is 0 Å². The highest BCUT2D eigenvalue weighted by atomic mass is 16.6. The molecule has 8 nitrogen and oxygen atoms in total. The zero-order valence-electron chi connectivity index (χ0n) is 13.2. The molecular weight excluding hydrogens is 310 g/mol. The largest absolute Gasteiger partial charge is 0.463 e. The molecule has 0 bridgehead atoms. The molecule has 0 spiro atoms. The molecule has 124 valence electrons. The summed E-state index contributed by atoms with van der Waals surface area (Å²) in [5.41, 5.74) is 2.24. The van der Waals surface area contributed by atoms with Crippen LogP contribution in [0.1, 0.15) is 6.92 Å². The Labute approximate surface area is 138 Å². The average molecular weight is 327 g/mol. The standard InChI is InChI=1S/C16H17N5O3/c1-12(22)24-8-7-23-11-21-10-19-14-15(17-9-18-16(14)21)20-13-5-3-2-4-6-13/h2-6,9-10H,7-8,11H2,1H3,(H,17,18,20). The summed E-state index contributed by atoms with van der Waals surface area (Å²) >= 11 is 0. The van der Waals surface area contributed by atoms with E-state index in [1.807, 2.05) is 30.3 Å². The summed E-state index contributed by atoms with van der Waals surface area (Å²) in [6.07, 6.45) is 3.12. The average Bonchev–Trinajstić information content (AvgIpc) is 3.00. The van der Waals surface area contributed by atoms with Crippen LogP contribution in [0, 0.1) is 0 Å². The molecule has 0 aliphatic heterocycles. The first-order chi connectivity index (χ1) is 11.7. The van der Waals surface area contributed by atoms with Gasteiger partial charge < -0.3 is 14.8 Å². The number of benzene rings is 1. The maximum absolute atomic E-state index is 10.7. The lowest BCUT2D eigenvalue weighted by Crippen LogP contribution is -2.10. The van der Waals surface area contributed by atoms with Crippen molar-refractivity contribution >= 4 is 28.6 Å². The molecule has 0 aliphatic carbocycles. The second kappa shape index (κ2) is 7.51. The Morgan fingerprint density at radius 3 is 2.79 bits per heavy atom. The van der Waals surface area contributed by atoms with Gasteiger partial charge in [0.15, 0.2) is 17.0 Å². The maximum Gasteiger partial charge on any atom is 0.302 e. The van der Waals surface area contributed by atoms with Gasteiger partial charge in [-0.1, -0.05) is 18.2 Å². The Kier molecular flexibility index (Phi) is 4.97. The minimum absolute atomic E-state index is 0.220. The Hall–Kier alpha value is -3.00.